The van der Waals surface area contributed by atoms with Crippen molar-refractivity contribution in [3.63, 3.8) is 0 Å². The van der Waals surface area contributed by atoms with Crippen LogP contribution in [-0.4, -0.2) is 49.5 Å². The van der Waals surface area contributed by atoms with Crippen molar-refractivity contribution in [2.45, 2.75) is 6.42 Å². The number of rotatable bonds is 8. The molecule has 1 aromatic carbocycles. The molecule has 1 heterocycles. The molecule has 0 saturated heterocycles. The lowest BCUT2D eigenvalue weighted by molar-refractivity contribution is 0.0954. The van der Waals surface area contributed by atoms with Gasteiger partial charge in [0.15, 0.2) is 0 Å². The van der Waals surface area contributed by atoms with E-state index in [-0.39, 0.29) is 5.91 Å². The number of nitrogens with zero attached hydrogens (tertiary/aromatic N) is 2. The van der Waals surface area contributed by atoms with Gasteiger partial charge < -0.3 is 15.5 Å². The molecule has 2 rings (SSSR count). The lowest BCUT2D eigenvalue weighted by Gasteiger charge is -2.12. The van der Waals surface area contributed by atoms with Crippen LogP contribution in [0.1, 0.15) is 15.9 Å². The lowest BCUT2D eigenvalue weighted by atomic mass is 10.1. The molecule has 0 saturated carbocycles. The van der Waals surface area contributed by atoms with Crippen molar-refractivity contribution in [1.29, 1.82) is 0 Å². The Morgan fingerprint density at radius 3 is 2.79 bits per heavy atom. The first-order valence-electron chi connectivity index (χ1n) is 7.91. The standard InChI is InChI=1S/C18H23ClN4O/c1-23(2)9-8-21-17-11-15(12-20-13-17)18(24)22-7-6-14-4-3-5-16(19)10-14/h3-5,10-13,21H,6-9H2,1-2H3,(H,22,24). The van der Waals surface area contributed by atoms with Crippen LogP contribution >= 0.6 is 11.6 Å². The second-order valence-corrected chi connectivity index (χ2v) is 6.26. The van der Waals surface area contributed by atoms with Gasteiger partial charge in [-0.2, -0.15) is 0 Å². The van der Waals surface area contributed by atoms with Gasteiger partial charge in [0.2, 0.25) is 0 Å². The largest absolute Gasteiger partial charge is 0.382 e. The van der Waals surface area contributed by atoms with E-state index in [4.69, 9.17) is 11.6 Å². The van der Waals surface area contributed by atoms with Gasteiger partial charge in [-0.05, 0) is 44.3 Å². The van der Waals surface area contributed by atoms with E-state index in [0.29, 0.717) is 17.1 Å². The Labute approximate surface area is 148 Å². The molecule has 0 spiro atoms. The first-order chi connectivity index (χ1) is 11.5. The molecule has 0 bridgehead atoms. The molecule has 2 N–H and O–H groups in total. The average molecular weight is 347 g/mol. The summed E-state index contributed by atoms with van der Waals surface area (Å²) in [6.07, 6.45) is 4.03. The third kappa shape index (κ3) is 6.18. The fourth-order valence-electron chi connectivity index (χ4n) is 2.20. The number of carbonyl (C=O) groups is 1. The molecule has 0 aliphatic heterocycles. The van der Waals surface area contributed by atoms with E-state index in [2.05, 4.69) is 20.5 Å². The van der Waals surface area contributed by atoms with Crippen molar-refractivity contribution in [3.05, 3.63) is 58.9 Å². The molecule has 1 aromatic heterocycles. The Morgan fingerprint density at radius 2 is 2.04 bits per heavy atom. The highest BCUT2D eigenvalue weighted by Crippen LogP contribution is 2.11. The van der Waals surface area contributed by atoms with Gasteiger partial charge in [0.25, 0.3) is 5.91 Å². The summed E-state index contributed by atoms with van der Waals surface area (Å²) in [5.41, 5.74) is 2.50. The molecule has 1 amide bonds. The maximum absolute atomic E-state index is 12.2. The Kier molecular flexibility index (Phi) is 7.03. The minimum absolute atomic E-state index is 0.124. The number of benzene rings is 1. The lowest BCUT2D eigenvalue weighted by Crippen LogP contribution is -2.26. The predicted octanol–water partition coefficient (Wildman–Crippen LogP) is 2.68. The number of hydrogen-bond acceptors (Lipinski definition) is 4. The molecule has 0 aliphatic rings. The smallest absolute Gasteiger partial charge is 0.252 e. The molecule has 128 valence electrons. The molecule has 0 unspecified atom stereocenters. The van der Waals surface area contributed by atoms with Crippen molar-refractivity contribution in [1.82, 2.24) is 15.2 Å². The van der Waals surface area contributed by atoms with Crippen molar-refractivity contribution in [3.8, 4) is 0 Å². The average Bonchev–Trinajstić information content (AvgIpc) is 2.55. The zero-order chi connectivity index (χ0) is 17.4. The second kappa shape index (κ2) is 9.25. The van der Waals surface area contributed by atoms with Crippen LogP contribution in [0.25, 0.3) is 0 Å². The van der Waals surface area contributed by atoms with Crippen molar-refractivity contribution in [2.24, 2.45) is 0 Å². The highest BCUT2D eigenvalue weighted by molar-refractivity contribution is 6.30. The number of pyridine rings is 1. The highest BCUT2D eigenvalue weighted by Gasteiger charge is 2.06. The topological polar surface area (TPSA) is 57.3 Å². The third-order valence-electron chi connectivity index (χ3n) is 3.48. The summed E-state index contributed by atoms with van der Waals surface area (Å²) in [7, 11) is 4.04. The van der Waals surface area contributed by atoms with Gasteiger partial charge >= 0.3 is 0 Å². The predicted molar refractivity (Wildman–Crippen MR) is 98.8 cm³/mol. The number of halogens is 1. The number of aromatic nitrogens is 1. The zero-order valence-electron chi connectivity index (χ0n) is 14.1. The molecular formula is C18H23ClN4O. The van der Waals surface area contributed by atoms with E-state index < -0.39 is 0 Å². The fraction of sp³-hybridized carbons (Fsp3) is 0.333. The monoisotopic (exact) mass is 346 g/mol. The number of amides is 1. The van der Waals surface area contributed by atoms with Crippen LogP contribution in [0.4, 0.5) is 5.69 Å². The second-order valence-electron chi connectivity index (χ2n) is 5.83. The summed E-state index contributed by atoms with van der Waals surface area (Å²) in [5.74, 6) is -0.124. The Bertz CT molecular complexity index is 676. The van der Waals surface area contributed by atoms with E-state index in [1.165, 1.54) is 0 Å². The summed E-state index contributed by atoms with van der Waals surface area (Å²) in [6.45, 7) is 2.27. The molecule has 24 heavy (non-hydrogen) atoms. The van der Waals surface area contributed by atoms with Crippen molar-refractivity contribution < 1.29 is 4.79 Å². The number of anilines is 1. The first-order valence-corrected chi connectivity index (χ1v) is 8.28. The summed E-state index contributed by atoms with van der Waals surface area (Å²) in [4.78, 5) is 18.4. The molecule has 0 aliphatic carbocycles. The van der Waals surface area contributed by atoms with Crippen LogP contribution < -0.4 is 10.6 Å². The van der Waals surface area contributed by atoms with Crippen LogP contribution in [0, 0.1) is 0 Å². The van der Waals surface area contributed by atoms with E-state index in [0.717, 1.165) is 30.8 Å². The Morgan fingerprint density at radius 1 is 1.21 bits per heavy atom. The summed E-state index contributed by atoms with van der Waals surface area (Å²) >= 11 is 5.96. The maximum atomic E-state index is 12.2. The SMILES string of the molecule is CN(C)CCNc1cncc(C(=O)NCCc2cccc(Cl)c2)c1. The highest BCUT2D eigenvalue weighted by atomic mass is 35.5. The molecule has 0 atom stereocenters. The van der Waals surface area contributed by atoms with E-state index in [1.807, 2.05) is 44.4 Å². The van der Waals surface area contributed by atoms with Gasteiger partial charge in [0, 0.05) is 37.1 Å². The maximum Gasteiger partial charge on any atom is 0.252 e. The Balaban J connectivity index is 1.83. The van der Waals surface area contributed by atoms with Crippen LogP contribution in [0.3, 0.4) is 0 Å². The van der Waals surface area contributed by atoms with Gasteiger partial charge in [-0.15, -0.1) is 0 Å². The van der Waals surface area contributed by atoms with E-state index >= 15 is 0 Å². The molecule has 0 fully saturated rings. The Hall–Kier alpha value is -2.11. The first kappa shape index (κ1) is 18.2. The zero-order valence-corrected chi connectivity index (χ0v) is 14.8. The van der Waals surface area contributed by atoms with Crippen molar-refractivity contribution in [2.75, 3.05) is 39.0 Å². The third-order valence-corrected chi connectivity index (χ3v) is 3.71. The van der Waals surface area contributed by atoms with Gasteiger partial charge in [0.1, 0.15) is 0 Å². The summed E-state index contributed by atoms with van der Waals surface area (Å²) in [6, 6.07) is 9.47. The normalized spacial score (nSPS) is 10.7. The van der Waals surface area contributed by atoms with Gasteiger partial charge in [-0.25, -0.2) is 0 Å². The molecule has 5 nitrogen and oxygen atoms in total. The van der Waals surface area contributed by atoms with Crippen LogP contribution in [-0.2, 0) is 6.42 Å². The minimum atomic E-state index is -0.124. The summed E-state index contributed by atoms with van der Waals surface area (Å²) in [5, 5.41) is 6.88. The van der Waals surface area contributed by atoms with Crippen LogP contribution in [0.5, 0.6) is 0 Å². The van der Waals surface area contributed by atoms with Crippen molar-refractivity contribution >= 4 is 23.2 Å². The van der Waals surface area contributed by atoms with Gasteiger partial charge in [0.05, 0.1) is 11.3 Å². The van der Waals surface area contributed by atoms with Gasteiger partial charge in [-0.3, -0.25) is 9.78 Å². The number of carbonyl (C=O) groups excluding carboxylic acids is 1. The molecule has 2 aromatic rings. The molecular weight excluding hydrogens is 324 g/mol. The number of nitrogens with one attached hydrogen (secondary N) is 2. The fourth-order valence-corrected chi connectivity index (χ4v) is 2.41. The van der Waals surface area contributed by atoms with Crippen LogP contribution in [0.15, 0.2) is 42.7 Å². The van der Waals surface area contributed by atoms with E-state index in [9.17, 15) is 4.79 Å². The summed E-state index contributed by atoms with van der Waals surface area (Å²) < 4.78 is 0. The van der Waals surface area contributed by atoms with E-state index in [1.54, 1.807) is 12.4 Å². The number of hydrogen-bond donors (Lipinski definition) is 2. The van der Waals surface area contributed by atoms with Crippen LogP contribution in [0.2, 0.25) is 5.02 Å². The molecule has 6 heteroatoms. The number of likely N-dealkylation sites (N-methyl/N-ethyl adjacent to an activating group) is 1. The quantitative estimate of drug-likeness (QED) is 0.771. The molecule has 0 radical (unpaired) electrons. The minimum Gasteiger partial charge on any atom is -0.382 e. The van der Waals surface area contributed by atoms with Gasteiger partial charge in [-0.1, -0.05) is 23.7 Å².